The van der Waals surface area contributed by atoms with E-state index in [0.29, 0.717) is 18.0 Å². The van der Waals surface area contributed by atoms with Crippen molar-refractivity contribution in [3.8, 4) is 5.75 Å². The topological polar surface area (TPSA) is 107 Å². The number of carbonyl (C=O) groups excluding carboxylic acids is 3. The van der Waals surface area contributed by atoms with Gasteiger partial charge in [0.05, 0.1) is 23.9 Å². The first-order valence-electron chi connectivity index (χ1n) is 9.69. The molecule has 2 aromatic heterocycles. The Balaban J connectivity index is 1.33. The van der Waals surface area contributed by atoms with Crippen molar-refractivity contribution in [1.29, 1.82) is 0 Å². The number of rotatable bonds is 6. The third-order valence-corrected chi connectivity index (χ3v) is 5.70. The molecule has 4 rings (SSSR count). The predicted octanol–water partition coefficient (Wildman–Crippen LogP) is 3.78. The van der Waals surface area contributed by atoms with Crippen LogP contribution in [0.5, 0.6) is 5.75 Å². The number of benzene rings is 1. The monoisotopic (exact) mass is 440 g/mol. The van der Waals surface area contributed by atoms with Crippen molar-refractivity contribution in [2.24, 2.45) is 0 Å². The summed E-state index contributed by atoms with van der Waals surface area (Å²) in [5.74, 6) is -0.545. The third kappa shape index (κ3) is 4.77. The summed E-state index contributed by atoms with van der Waals surface area (Å²) in [5, 5.41) is 6.03. The van der Waals surface area contributed by atoms with Crippen LogP contribution in [0.1, 0.15) is 45.2 Å². The lowest BCUT2D eigenvalue weighted by Crippen LogP contribution is -2.39. The van der Waals surface area contributed by atoms with E-state index in [1.807, 2.05) is 24.3 Å². The second kappa shape index (κ2) is 9.05. The Labute approximate surface area is 182 Å². The number of fused-ring (bicyclic) bond motifs is 1. The highest BCUT2D eigenvalue weighted by Gasteiger charge is 2.27. The van der Waals surface area contributed by atoms with Gasteiger partial charge in [0, 0.05) is 12.0 Å². The average molecular weight is 440 g/mol. The van der Waals surface area contributed by atoms with Crippen LogP contribution >= 0.6 is 11.3 Å². The molecule has 2 amide bonds. The van der Waals surface area contributed by atoms with Gasteiger partial charge in [0.25, 0.3) is 11.8 Å². The molecule has 2 unspecified atom stereocenters. The lowest BCUT2D eigenvalue weighted by Gasteiger charge is -2.27. The third-order valence-electron chi connectivity index (χ3n) is 4.72. The van der Waals surface area contributed by atoms with E-state index in [1.54, 1.807) is 12.1 Å². The highest BCUT2D eigenvalue weighted by atomic mass is 32.1. The molecule has 2 N–H and O–H groups in total. The molecule has 0 saturated carbocycles. The fourth-order valence-corrected chi connectivity index (χ4v) is 3.93. The summed E-state index contributed by atoms with van der Waals surface area (Å²) in [4.78, 5) is 37.3. The lowest BCUT2D eigenvalue weighted by molar-refractivity contribution is -0.130. The maximum absolute atomic E-state index is 12.6. The second-order valence-corrected chi connectivity index (χ2v) is 7.96. The minimum Gasteiger partial charge on any atom is -0.493 e. The van der Waals surface area contributed by atoms with Gasteiger partial charge in [-0.3, -0.25) is 9.59 Å². The summed E-state index contributed by atoms with van der Waals surface area (Å²) < 4.78 is 15.9. The van der Waals surface area contributed by atoms with Crippen LogP contribution in [0.25, 0.3) is 0 Å². The Morgan fingerprint density at radius 1 is 1.13 bits per heavy atom. The van der Waals surface area contributed by atoms with Crippen LogP contribution in [0.4, 0.5) is 5.00 Å². The van der Waals surface area contributed by atoms with E-state index in [2.05, 4.69) is 10.6 Å². The zero-order valence-corrected chi connectivity index (χ0v) is 17.4. The Kier molecular flexibility index (Phi) is 6.03. The van der Waals surface area contributed by atoms with E-state index in [1.165, 1.54) is 25.3 Å². The van der Waals surface area contributed by atoms with Gasteiger partial charge in [-0.25, -0.2) is 4.79 Å². The van der Waals surface area contributed by atoms with Crippen molar-refractivity contribution < 1.29 is 28.3 Å². The molecule has 0 spiro atoms. The van der Waals surface area contributed by atoms with Gasteiger partial charge in [0.2, 0.25) is 0 Å². The maximum Gasteiger partial charge on any atom is 0.349 e. The van der Waals surface area contributed by atoms with E-state index in [4.69, 9.17) is 13.9 Å². The second-order valence-electron chi connectivity index (χ2n) is 6.88. The molecule has 1 aromatic carbocycles. The Morgan fingerprint density at radius 2 is 1.97 bits per heavy atom. The van der Waals surface area contributed by atoms with Gasteiger partial charge in [-0.05, 0) is 37.3 Å². The fourth-order valence-electron chi connectivity index (χ4n) is 3.15. The zero-order valence-electron chi connectivity index (χ0n) is 16.6. The van der Waals surface area contributed by atoms with Crippen LogP contribution in [-0.4, -0.2) is 30.5 Å². The van der Waals surface area contributed by atoms with Gasteiger partial charge in [0.1, 0.15) is 10.6 Å². The number of ether oxygens (including phenoxy) is 2. The van der Waals surface area contributed by atoms with Crippen LogP contribution in [0.2, 0.25) is 0 Å². The van der Waals surface area contributed by atoms with Crippen molar-refractivity contribution in [3.05, 3.63) is 71.0 Å². The molecule has 3 heterocycles. The van der Waals surface area contributed by atoms with Crippen LogP contribution in [0.15, 0.2) is 59.2 Å². The number of hydrogen-bond acceptors (Lipinski definition) is 7. The first-order valence-corrected chi connectivity index (χ1v) is 10.5. The van der Waals surface area contributed by atoms with E-state index < -0.39 is 23.9 Å². The smallest absolute Gasteiger partial charge is 0.349 e. The fraction of sp³-hybridized carbons (Fsp3) is 0.227. The van der Waals surface area contributed by atoms with E-state index in [0.717, 1.165) is 22.6 Å². The van der Waals surface area contributed by atoms with Gasteiger partial charge < -0.3 is 24.5 Å². The summed E-state index contributed by atoms with van der Waals surface area (Å²) >= 11 is 1.05. The summed E-state index contributed by atoms with van der Waals surface area (Å²) in [6.07, 6.45) is 1.05. The molecule has 31 heavy (non-hydrogen) atoms. The van der Waals surface area contributed by atoms with E-state index >= 15 is 0 Å². The minimum atomic E-state index is -0.981. The number of para-hydroxylation sites is 1. The summed E-state index contributed by atoms with van der Waals surface area (Å²) in [6.45, 7) is 2.02. The molecule has 1 aliphatic rings. The van der Waals surface area contributed by atoms with Gasteiger partial charge in [0.15, 0.2) is 11.9 Å². The molecule has 1 aliphatic heterocycles. The van der Waals surface area contributed by atoms with Crippen LogP contribution in [0.3, 0.4) is 0 Å². The largest absolute Gasteiger partial charge is 0.493 e. The molecule has 8 nitrogen and oxygen atoms in total. The standard InChI is InChI=1S/C22H20N2O6S/c1-13(20(25)23-15-10-12-29-16-6-3-2-5-14(15)16)30-22(27)18-8-9-19(31-18)24-21(26)17-7-4-11-28-17/h2-9,11,13,15H,10,12H2,1H3,(H,23,25)(H,24,26). The SMILES string of the molecule is CC(OC(=O)c1ccc(NC(=O)c2ccco2)s1)C(=O)NC1CCOc2ccccc21. The number of thiophene rings is 1. The molecule has 160 valence electrons. The molecular weight excluding hydrogens is 420 g/mol. The molecule has 0 saturated heterocycles. The molecular formula is C22H20N2O6S. The Hall–Kier alpha value is -3.59. The summed E-state index contributed by atoms with van der Waals surface area (Å²) in [5.41, 5.74) is 0.899. The average Bonchev–Trinajstić information content (AvgIpc) is 3.46. The maximum atomic E-state index is 12.6. The van der Waals surface area contributed by atoms with Gasteiger partial charge in [-0.1, -0.05) is 18.2 Å². The van der Waals surface area contributed by atoms with Crippen molar-refractivity contribution in [1.82, 2.24) is 5.32 Å². The van der Waals surface area contributed by atoms with Crippen LogP contribution in [-0.2, 0) is 9.53 Å². The first-order chi connectivity index (χ1) is 15.0. The van der Waals surface area contributed by atoms with Gasteiger partial charge >= 0.3 is 5.97 Å². The van der Waals surface area contributed by atoms with Gasteiger partial charge in [-0.15, -0.1) is 11.3 Å². The number of esters is 1. The van der Waals surface area contributed by atoms with E-state index in [-0.39, 0.29) is 16.7 Å². The normalized spacial score (nSPS) is 15.8. The molecule has 0 bridgehead atoms. The summed E-state index contributed by atoms with van der Waals surface area (Å²) in [6, 6.07) is 13.6. The number of nitrogens with one attached hydrogen (secondary N) is 2. The molecule has 0 radical (unpaired) electrons. The minimum absolute atomic E-state index is 0.164. The summed E-state index contributed by atoms with van der Waals surface area (Å²) in [7, 11) is 0. The number of hydrogen-bond donors (Lipinski definition) is 2. The van der Waals surface area contributed by atoms with E-state index in [9.17, 15) is 14.4 Å². The van der Waals surface area contributed by atoms with Crippen LogP contribution < -0.4 is 15.4 Å². The molecule has 9 heteroatoms. The zero-order chi connectivity index (χ0) is 21.8. The molecule has 0 fully saturated rings. The van der Waals surface area contributed by atoms with Crippen molar-refractivity contribution in [2.75, 3.05) is 11.9 Å². The van der Waals surface area contributed by atoms with Crippen molar-refractivity contribution >= 4 is 34.1 Å². The van der Waals surface area contributed by atoms with Crippen molar-refractivity contribution in [2.45, 2.75) is 25.5 Å². The highest BCUT2D eigenvalue weighted by molar-refractivity contribution is 7.18. The Bertz CT molecular complexity index is 1090. The highest BCUT2D eigenvalue weighted by Crippen LogP contribution is 2.31. The first kappa shape index (κ1) is 20.7. The number of anilines is 1. The quantitative estimate of drug-likeness (QED) is 0.565. The number of furan rings is 1. The van der Waals surface area contributed by atoms with Gasteiger partial charge in [-0.2, -0.15) is 0 Å². The molecule has 2 atom stereocenters. The Morgan fingerprint density at radius 3 is 2.77 bits per heavy atom. The van der Waals surface area contributed by atoms with Crippen LogP contribution in [0, 0.1) is 0 Å². The predicted molar refractivity (Wildman–Crippen MR) is 113 cm³/mol. The number of carbonyl (C=O) groups is 3. The number of amides is 2. The molecule has 0 aliphatic carbocycles. The molecule has 3 aromatic rings. The lowest BCUT2D eigenvalue weighted by atomic mass is 10.0. The van der Waals surface area contributed by atoms with Crippen molar-refractivity contribution in [3.63, 3.8) is 0 Å².